The highest BCUT2D eigenvalue weighted by Crippen LogP contribution is 2.23. The summed E-state index contributed by atoms with van der Waals surface area (Å²) in [6.07, 6.45) is 5.70. The fourth-order valence-corrected chi connectivity index (χ4v) is 3.71. The Morgan fingerprint density at radius 1 is 1.28 bits per heavy atom. The molecular weight excluding hydrogens is 374 g/mol. The summed E-state index contributed by atoms with van der Waals surface area (Å²) in [5, 5.41) is 15.0. The van der Waals surface area contributed by atoms with Crippen LogP contribution in [0.5, 0.6) is 5.88 Å². The lowest BCUT2D eigenvalue weighted by molar-refractivity contribution is -0.00546. The number of nitrogens with zero attached hydrogens (tertiary/aromatic N) is 5. The maximum Gasteiger partial charge on any atom is 0.326 e. The van der Waals surface area contributed by atoms with Crippen LogP contribution in [0.4, 0.5) is 5.82 Å². The van der Waals surface area contributed by atoms with Crippen molar-refractivity contribution in [3.63, 3.8) is 0 Å². The lowest BCUT2D eigenvalue weighted by Crippen LogP contribution is -2.46. The number of hydrogen-bond donors (Lipinski definition) is 3. The molecule has 1 saturated heterocycles. The molecule has 0 radical (unpaired) electrons. The number of ether oxygens (including phenoxy) is 1. The quantitative estimate of drug-likeness (QED) is 0.556. The van der Waals surface area contributed by atoms with Gasteiger partial charge in [-0.1, -0.05) is 0 Å². The Kier molecular flexibility index (Phi) is 4.16. The minimum absolute atomic E-state index is 0.110. The lowest BCUT2D eigenvalue weighted by Gasteiger charge is -2.36. The van der Waals surface area contributed by atoms with Gasteiger partial charge in [0.1, 0.15) is 11.5 Å². The third-order valence-electron chi connectivity index (χ3n) is 5.11. The van der Waals surface area contributed by atoms with Gasteiger partial charge in [-0.25, -0.2) is 9.78 Å². The van der Waals surface area contributed by atoms with Crippen molar-refractivity contribution in [2.45, 2.75) is 44.9 Å². The van der Waals surface area contributed by atoms with Gasteiger partial charge in [-0.15, -0.1) is 0 Å². The largest absolute Gasteiger partial charge is 0.493 e. The fraction of sp³-hybridized carbons (Fsp3) is 0.474. The molecule has 3 N–H and O–H groups in total. The van der Waals surface area contributed by atoms with Gasteiger partial charge in [0, 0.05) is 24.4 Å². The molecular formula is C19H23N7O3. The zero-order valence-electron chi connectivity index (χ0n) is 16.3. The maximum atomic E-state index is 11.4. The first kappa shape index (κ1) is 17.9. The van der Waals surface area contributed by atoms with Crippen LogP contribution in [0.3, 0.4) is 0 Å². The molecule has 3 aromatic heterocycles. The van der Waals surface area contributed by atoms with Crippen molar-refractivity contribution in [1.82, 2.24) is 24.6 Å². The van der Waals surface area contributed by atoms with Gasteiger partial charge < -0.3 is 19.7 Å². The van der Waals surface area contributed by atoms with Crippen LogP contribution in [0.15, 0.2) is 22.1 Å². The van der Waals surface area contributed by atoms with E-state index in [2.05, 4.69) is 33.8 Å². The van der Waals surface area contributed by atoms with Gasteiger partial charge in [-0.3, -0.25) is 9.98 Å². The van der Waals surface area contributed by atoms with Crippen molar-refractivity contribution in [3.05, 3.63) is 39.1 Å². The number of nitrogens with one attached hydrogen (secondary N) is 2. The highest BCUT2D eigenvalue weighted by Gasteiger charge is 2.25. The molecule has 5 rings (SSSR count). The van der Waals surface area contributed by atoms with E-state index in [1.807, 2.05) is 6.07 Å². The van der Waals surface area contributed by atoms with E-state index in [4.69, 9.17) is 14.7 Å². The summed E-state index contributed by atoms with van der Waals surface area (Å²) in [6, 6.07) is 2.31. The smallest absolute Gasteiger partial charge is 0.326 e. The van der Waals surface area contributed by atoms with Crippen LogP contribution in [-0.4, -0.2) is 61.0 Å². The van der Waals surface area contributed by atoms with Gasteiger partial charge in [0.2, 0.25) is 5.88 Å². The minimum Gasteiger partial charge on any atom is -0.493 e. The third kappa shape index (κ3) is 3.51. The standard InChI is InChI=1S/C19H23N7O3/c1-10-8-25(9-11(2)29-10)15-6-16(21-13-3-4-13)26-17(23-15)12(7-20-26)5-14-18(27)24-19(28)22-14/h5-7,10-11,13,27H,3-4,8-9H2,1-2H3,(H2,22,24,28)/b12-5+,21-16?. The molecule has 1 aliphatic heterocycles. The Labute approximate surface area is 165 Å². The number of imidazole rings is 1. The molecule has 1 saturated carbocycles. The Hall–Kier alpha value is -3.14. The van der Waals surface area contributed by atoms with Crippen molar-refractivity contribution in [2.75, 3.05) is 18.0 Å². The molecule has 1 aliphatic carbocycles. The Balaban J connectivity index is 1.69. The first-order valence-electron chi connectivity index (χ1n) is 9.82. The number of hydrogen-bond acceptors (Lipinski definition) is 7. The topological polar surface area (TPSA) is 124 Å². The minimum atomic E-state index is -0.473. The second-order valence-corrected chi connectivity index (χ2v) is 7.82. The molecule has 29 heavy (non-hydrogen) atoms. The molecule has 2 unspecified atom stereocenters. The van der Waals surface area contributed by atoms with Gasteiger partial charge in [0.25, 0.3) is 0 Å². The first-order valence-corrected chi connectivity index (χ1v) is 9.82. The van der Waals surface area contributed by atoms with Gasteiger partial charge >= 0.3 is 5.69 Å². The molecule has 2 fully saturated rings. The average molecular weight is 397 g/mol. The van der Waals surface area contributed by atoms with Crippen LogP contribution >= 0.6 is 0 Å². The third-order valence-corrected chi connectivity index (χ3v) is 5.11. The van der Waals surface area contributed by atoms with Crippen LogP contribution < -0.4 is 21.3 Å². The number of fused-ring (bicyclic) bond motifs is 1. The Morgan fingerprint density at radius 2 is 2.03 bits per heavy atom. The van der Waals surface area contributed by atoms with Gasteiger partial charge in [0.15, 0.2) is 11.1 Å². The number of aromatic amines is 2. The SMILES string of the molecule is CC1CN(c2cc(=NC3CC3)n3nc/c(=C\c4[nH]c(=O)[nH]c4O)c3n2)CC(C)O1. The van der Waals surface area contributed by atoms with Crippen molar-refractivity contribution in [2.24, 2.45) is 4.99 Å². The van der Waals surface area contributed by atoms with Crippen molar-refractivity contribution in [1.29, 1.82) is 0 Å². The second-order valence-electron chi connectivity index (χ2n) is 7.82. The zero-order chi connectivity index (χ0) is 20.1. The van der Waals surface area contributed by atoms with Gasteiger partial charge in [0.05, 0.1) is 24.4 Å². The summed E-state index contributed by atoms with van der Waals surface area (Å²) in [5.74, 6) is 0.602. The monoisotopic (exact) mass is 397 g/mol. The van der Waals surface area contributed by atoms with Crippen LogP contribution in [0.2, 0.25) is 0 Å². The molecule has 152 valence electrons. The molecule has 10 nitrogen and oxygen atoms in total. The van der Waals surface area contributed by atoms with E-state index >= 15 is 0 Å². The van der Waals surface area contributed by atoms with Crippen LogP contribution in [-0.2, 0) is 4.74 Å². The molecule has 0 bridgehead atoms. The number of anilines is 1. The zero-order valence-corrected chi connectivity index (χ0v) is 16.3. The number of aromatic nitrogens is 5. The predicted octanol–water partition coefficient (Wildman–Crippen LogP) is -0.324. The second kappa shape index (κ2) is 6.73. The van der Waals surface area contributed by atoms with Crippen LogP contribution in [0.25, 0.3) is 11.7 Å². The van der Waals surface area contributed by atoms with Gasteiger partial charge in [-0.2, -0.15) is 9.61 Å². The van der Waals surface area contributed by atoms with E-state index in [0.29, 0.717) is 16.9 Å². The summed E-state index contributed by atoms with van der Waals surface area (Å²) < 4.78 is 7.56. The van der Waals surface area contributed by atoms with E-state index in [-0.39, 0.29) is 23.8 Å². The van der Waals surface area contributed by atoms with E-state index in [0.717, 1.165) is 37.2 Å². The molecule has 10 heteroatoms. The first-order chi connectivity index (χ1) is 14.0. The molecule has 2 aliphatic rings. The Morgan fingerprint density at radius 3 is 2.69 bits per heavy atom. The van der Waals surface area contributed by atoms with Crippen LogP contribution in [0.1, 0.15) is 32.4 Å². The van der Waals surface area contributed by atoms with Gasteiger partial charge in [-0.05, 0) is 32.8 Å². The predicted molar refractivity (Wildman–Crippen MR) is 106 cm³/mol. The van der Waals surface area contributed by atoms with Crippen molar-refractivity contribution >= 4 is 17.5 Å². The summed E-state index contributed by atoms with van der Waals surface area (Å²) >= 11 is 0. The normalized spacial score (nSPS) is 24.0. The number of morpholine rings is 1. The Bertz CT molecular complexity index is 1230. The number of rotatable bonds is 3. The molecule has 0 aromatic carbocycles. The van der Waals surface area contributed by atoms with Crippen molar-refractivity contribution in [3.8, 4) is 5.88 Å². The van der Waals surface area contributed by atoms with Crippen LogP contribution in [0, 0.1) is 0 Å². The average Bonchev–Trinajstić information content (AvgIpc) is 3.29. The van der Waals surface area contributed by atoms with E-state index < -0.39 is 5.69 Å². The molecule has 3 aromatic rings. The van der Waals surface area contributed by atoms with E-state index in [1.165, 1.54) is 0 Å². The highest BCUT2D eigenvalue weighted by atomic mass is 16.5. The van der Waals surface area contributed by atoms with E-state index in [9.17, 15) is 9.90 Å². The maximum absolute atomic E-state index is 11.4. The number of H-pyrrole nitrogens is 2. The summed E-state index contributed by atoms with van der Waals surface area (Å²) in [4.78, 5) is 28.2. The lowest BCUT2D eigenvalue weighted by atomic mass is 10.2. The highest BCUT2D eigenvalue weighted by molar-refractivity contribution is 5.58. The summed E-state index contributed by atoms with van der Waals surface area (Å²) in [7, 11) is 0. The fourth-order valence-electron chi connectivity index (χ4n) is 3.71. The van der Waals surface area contributed by atoms with E-state index in [1.54, 1.807) is 16.8 Å². The molecule has 0 amide bonds. The molecule has 4 heterocycles. The molecule has 0 spiro atoms. The van der Waals surface area contributed by atoms with Crippen molar-refractivity contribution < 1.29 is 9.84 Å². The number of aromatic hydroxyl groups is 1. The summed E-state index contributed by atoms with van der Waals surface area (Å²) in [5.41, 5.74) is 1.19. The molecule has 2 atom stereocenters. The summed E-state index contributed by atoms with van der Waals surface area (Å²) in [6.45, 7) is 5.60.